The topological polar surface area (TPSA) is 80.9 Å². The highest BCUT2D eigenvalue weighted by atomic mass is 79.9. The summed E-state index contributed by atoms with van der Waals surface area (Å²) in [6.07, 6.45) is 3.45. The highest BCUT2D eigenvalue weighted by Crippen LogP contribution is 2.28. The van der Waals surface area contributed by atoms with Crippen molar-refractivity contribution in [3.63, 3.8) is 0 Å². The van der Waals surface area contributed by atoms with Crippen LogP contribution in [-0.2, 0) is 0 Å². The van der Waals surface area contributed by atoms with Crippen LogP contribution in [0, 0.1) is 0 Å². The number of halogens is 1. The second-order valence-electron chi connectivity index (χ2n) is 3.35. The quantitative estimate of drug-likeness (QED) is 0.330. The van der Waals surface area contributed by atoms with E-state index in [1.54, 1.807) is 9.24 Å². The van der Waals surface area contributed by atoms with E-state index in [0.717, 1.165) is 19.3 Å². The summed E-state index contributed by atoms with van der Waals surface area (Å²) < 4.78 is 0. The van der Waals surface area contributed by atoms with Gasteiger partial charge in [-0.3, -0.25) is 0 Å². The van der Waals surface area contributed by atoms with Gasteiger partial charge < -0.3 is 20.4 Å². The molecule has 88 valence electrons. The third-order valence-electron chi connectivity index (χ3n) is 1.97. The lowest BCUT2D eigenvalue weighted by molar-refractivity contribution is -0.313. The van der Waals surface area contributed by atoms with Gasteiger partial charge in [0.05, 0.1) is 0 Å². The number of rotatable bonds is 6. The van der Waals surface area contributed by atoms with Crippen LogP contribution in [0.1, 0.15) is 39.0 Å². The average Bonchev–Trinajstić information content (AvgIpc) is 1.96. The van der Waals surface area contributed by atoms with Crippen molar-refractivity contribution in [2.24, 2.45) is 0 Å². The zero-order valence-electron chi connectivity index (χ0n) is 8.31. The summed E-state index contributed by atoms with van der Waals surface area (Å²) in [5, 5.41) is 36.2. The third kappa shape index (κ3) is 6.27. The predicted octanol–water partition coefficient (Wildman–Crippen LogP) is 0.729. The fourth-order valence-electron chi connectivity index (χ4n) is 0.982. The fourth-order valence-corrected chi connectivity index (χ4v) is 1.13. The molecule has 1 atom stereocenters. The van der Waals surface area contributed by atoms with Crippen LogP contribution in [-0.4, -0.2) is 31.7 Å². The summed E-state index contributed by atoms with van der Waals surface area (Å²) in [5.74, 6) is -2.44. The van der Waals surface area contributed by atoms with Crippen LogP contribution >= 0.6 is 26.2 Å². The molecule has 14 heavy (non-hydrogen) atoms. The summed E-state index contributed by atoms with van der Waals surface area (Å²) >= 11 is 0. The summed E-state index contributed by atoms with van der Waals surface area (Å²) in [4.78, 5) is 0. The van der Waals surface area contributed by atoms with Crippen molar-refractivity contribution in [3.8, 4) is 0 Å². The van der Waals surface area contributed by atoms with E-state index in [2.05, 4.69) is 0 Å². The molecular formula is C8H20BrO4P. The standard InChI is InChI=1S/C8H19O4P.BrH/c1-2-3-4-5-6-7(9,10)8(11,12)13;/h9-12H,2-6,13H2,1H3;1H. The van der Waals surface area contributed by atoms with E-state index in [1.807, 2.05) is 6.92 Å². The second kappa shape index (κ2) is 7.09. The Kier molecular flexibility index (Phi) is 8.69. The summed E-state index contributed by atoms with van der Waals surface area (Å²) in [6, 6.07) is 0. The molecule has 0 aromatic heterocycles. The van der Waals surface area contributed by atoms with E-state index in [-0.39, 0.29) is 23.4 Å². The molecular weight excluding hydrogens is 271 g/mol. The smallest absolute Gasteiger partial charge is 0.231 e. The highest BCUT2D eigenvalue weighted by molar-refractivity contribution is 8.93. The van der Waals surface area contributed by atoms with Crippen molar-refractivity contribution in [2.75, 3.05) is 0 Å². The van der Waals surface area contributed by atoms with Crippen LogP contribution in [0.3, 0.4) is 0 Å². The molecule has 0 saturated carbocycles. The van der Waals surface area contributed by atoms with E-state index in [9.17, 15) is 10.2 Å². The van der Waals surface area contributed by atoms with E-state index >= 15 is 0 Å². The number of hydrogen-bond acceptors (Lipinski definition) is 4. The summed E-state index contributed by atoms with van der Waals surface area (Å²) in [5.41, 5.74) is -2.53. The van der Waals surface area contributed by atoms with Gasteiger partial charge in [0, 0.05) is 6.42 Å². The average molecular weight is 291 g/mol. The van der Waals surface area contributed by atoms with Crippen LogP contribution < -0.4 is 0 Å². The Bertz CT molecular complexity index is 147. The number of aliphatic hydroxyl groups is 4. The minimum absolute atomic E-state index is 0. The minimum atomic E-state index is -2.53. The molecule has 0 amide bonds. The maximum Gasteiger partial charge on any atom is 0.231 e. The molecule has 0 aliphatic carbocycles. The zero-order chi connectivity index (χ0) is 10.5. The largest absolute Gasteiger partial charge is 0.361 e. The lowest BCUT2D eigenvalue weighted by Gasteiger charge is -2.31. The van der Waals surface area contributed by atoms with Crippen LogP contribution in [0.5, 0.6) is 0 Å². The Morgan fingerprint density at radius 3 is 1.86 bits per heavy atom. The molecule has 4 N–H and O–H groups in total. The molecule has 0 heterocycles. The normalized spacial score (nSPS) is 12.4. The molecule has 0 bridgehead atoms. The number of hydrogen-bond donors (Lipinski definition) is 4. The molecule has 0 spiro atoms. The highest BCUT2D eigenvalue weighted by Gasteiger charge is 2.42. The molecule has 1 unspecified atom stereocenters. The van der Waals surface area contributed by atoms with Gasteiger partial charge in [-0.25, -0.2) is 0 Å². The first kappa shape index (κ1) is 17.2. The van der Waals surface area contributed by atoms with Gasteiger partial charge in [0.15, 0.2) is 0 Å². The van der Waals surface area contributed by atoms with Gasteiger partial charge in [0.2, 0.25) is 11.3 Å². The Morgan fingerprint density at radius 1 is 1.00 bits per heavy atom. The monoisotopic (exact) mass is 290 g/mol. The van der Waals surface area contributed by atoms with E-state index < -0.39 is 11.3 Å². The SMILES string of the molecule is Br.CCCCCCC(O)(O)C(O)(O)P. The van der Waals surface area contributed by atoms with Gasteiger partial charge in [0.25, 0.3) is 0 Å². The van der Waals surface area contributed by atoms with E-state index in [0.29, 0.717) is 6.42 Å². The molecule has 0 fully saturated rings. The molecule has 0 aromatic carbocycles. The van der Waals surface area contributed by atoms with Crippen LogP contribution in [0.15, 0.2) is 0 Å². The van der Waals surface area contributed by atoms with Crippen molar-refractivity contribution in [1.29, 1.82) is 0 Å². The lowest BCUT2D eigenvalue weighted by atomic mass is 10.1. The maximum absolute atomic E-state index is 9.19. The first-order chi connectivity index (χ1) is 5.81. The summed E-state index contributed by atoms with van der Waals surface area (Å²) in [7, 11) is 1.59. The van der Waals surface area contributed by atoms with Crippen molar-refractivity contribution < 1.29 is 20.4 Å². The van der Waals surface area contributed by atoms with E-state index in [4.69, 9.17) is 10.2 Å². The Balaban J connectivity index is 0. The predicted molar refractivity (Wildman–Crippen MR) is 63.1 cm³/mol. The second-order valence-corrected chi connectivity index (χ2v) is 4.16. The third-order valence-corrected chi connectivity index (χ3v) is 2.43. The van der Waals surface area contributed by atoms with Crippen molar-refractivity contribution >= 4 is 26.2 Å². The lowest BCUT2D eigenvalue weighted by Crippen LogP contribution is -2.49. The van der Waals surface area contributed by atoms with Crippen LogP contribution in [0.4, 0.5) is 0 Å². The van der Waals surface area contributed by atoms with Crippen molar-refractivity contribution in [2.45, 2.75) is 50.3 Å². The molecule has 0 aliphatic rings. The maximum atomic E-state index is 9.19. The minimum Gasteiger partial charge on any atom is -0.361 e. The first-order valence-corrected chi connectivity index (χ1v) is 5.07. The zero-order valence-corrected chi connectivity index (χ0v) is 11.2. The molecule has 6 heteroatoms. The van der Waals surface area contributed by atoms with E-state index in [1.165, 1.54) is 0 Å². The van der Waals surface area contributed by atoms with Gasteiger partial charge in [-0.15, -0.1) is 17.0 Å². The summed E-state index contributed by atoms with van der Waals surface area (Å²) in [6.45, 7) is 2.04. The Labute approximate surface area is 97.3 Å². The van der Waals surface area contributed by atoms with Crippen molar-refractivity contribution in [1.82, 2.24) is 0 Å². The van der Waals surface area contributed by atoms with Crippen LogP contribution in [0.25, 0.3) is 0 Å². The molecule has 4 nitrogen and oxygen atoms in total. The van der Waals surface area contributed by atoms with Gasteiger partial charge >= 0.3 is 0 Å². The molecule has 0 radical (unpaired) electrons. The fraction of sp³-hybridized carbons (Fsp3) is 1.00. The van der Waals surface area contributed by atoms with Gasteiger partial charge in [-0.05, 0) is 6.42 Å². The van der Waals surface area contributed by atoms with Crippen LogP contribution in [0.2, 0.25) is 0 Å². The Morgan fingerprint density at radius 2 is 1.50 bits per heavy atom. The Hall–Kier alpha value is 0.750. The van der Waals surface area contributed by atoms with Gasteiger partial charge in [-0.1, -0.05) is 35.4 Å². The molecule has 0 aliphatic heterocycles. The molecule has 0 aromatic rings. The number of unbranched alkanes of at least 4 members (excludes halogenated alkanes) is 3. The van der Waals surface area contributed by atoms with Gasteiger partial charge in [0.1, 0.15) is 0 Å². The molecule has 0 rings (SSSR count). The first-order valence-electron chi connectivity index (χ1n) is 4.49. The van der Waals surface area contributed by atoms with Crippen molar-refractivity contribution in [3.05, 3.63) is 0 Å². The molecule has 0 saturated heterocycles. The van der Waals surface area contributed by atoms with Gasteiger partial charge in [-0.2, -0.15) is 0 Å².